The smallest absolute Gasteiger partial charge is 0.259 e. The number of nitrogens with one attached hydrogen (secondary N) is 1. The van der Waals surface area contributed by atoms with Gasteiger partial charge in [-0.3, -0.25) is 4.79 Å². The number of fused-ring (bicyclic) bond motifs is 3. The molecule has 3 aromatic heterocycles. The fourth-order valence-electron chi connectivity index (χ4n) is 3.40. The van der Waals surface area contributed by atoms with E-state index in [2.05, 4.69) is 25.5 Å². The summed E-state index contributed by atoms with van der Waals surface area (Å²) in [5, 5.41) is 13.3. The Balaban J connectivity index is 1.40. The number of methoxy groups -OCH3 is 1. The minimum absolute atomic E-state index is 0.0465. The first kappa shape index (κ1) is 17.4. The number of tetrazole rings is 1. The third-order valence-corrected chi connectivity index (χ3v) is 6.84. The number of aromatic nitrogens is 6. The lowest BCUT2D eigenvalue weighted by atomic mass is 10.2. The highest BCUT2D eigenvalue weighted by Gasteiger charge is 2.21. The lowest BCUT2D eigenvalue weighted by molar-refractivity contribution is 0.414. The molecule has 142 valence electrons. The molecule has 0 bridgehead atoms. The van der Waals surface area contributed by atoms with Crippen LogP contribution in [0.4, 0.5) is 0 Å². The fraction of sp³-hybridized carbons (Fsp3) is 0.278. The van der Waals surface area contributed by atoms with Gasteiger partial charge in [-0.15, -0.1) is 16.4 Å². The second-order valence-electron chi connectivity index (χ2n) is 6.41. The van der Waals surface area contributed by atoms with Crippen molar-refractivity contribution < 1.29 is 4.74 Å². The Hall–Kier alpha value is -2.72. The van der Waals surface area contributed by atoms with Crippen molar-refractivity contribution in [1.82, 2.24) is 30.2 Å². The Kier molecular flexibility index (Phi) is 4.36. The van der Waals surface area contributed by atoms with Gasteiger partial charge in [-0.05, 0) is 59.5 Å². The molecule has 0 fully saturated rings. The Bertz CT molecular complexity index is 1210. The molecular weight excluding hydrogens is 396 g/mol. The SMILES string of the molecule is COc1ccc(-n2nnnc2SCc2nc3sc4c(c3c(=O)[nH]2)CCC4)cc1. The second kappa shape index (κ2) is 7.02. The van der Waals surface area contributed by atoms with Crippen LogP contribution in [-0.2, 0) is 18.6 Å². The molecule has 0 spiro atoms. The highest BCUT2D eigenvalue weighted by Crippen LogP contribution is 2.34. The molecule has 10 heteroatoms. The van der Waals surface area contributed by atoms with E-state index in [1.54, 1.807) is 23.1 Å². The van der Waals surface area contributed by atoms with Gasteiger partial charge >= 0.3 is 0 Å². The highest BCUT2D eigenvalue weighted by atomic mass is 32.2. The van der Waals surface area contributed by atoms with E-state index in [0.29, 0.717) is 16.7 Å². The molecule has 0 amide bonds. The Morgan fingerprint density at radius 2 is 2.14 bits per heavy atom. The topological polar surface area (TPSA) is 98.6 Å². The van der Waals surface area contributed by atoms with Crippen LogP contribution in [0, 0.1) is 0 Å². The van der Waals surface area contributed by atoms with Crippen molar-refractivity contribution in [1.29, 1.82) is 0 Å². The van der Waals surface area contributed by atoms with E-state index in [9.17, 15) is 4.79 Å². The standard InChI is InChI=1S/C18H16N6O2S2/c1-26-11-7-5-10(6-8-11)24-18(21-22-23-24)27-9-14-19-16(25)15-12-3-2-4-13(12)28-17(15)20-14/h5-8H,2-4,9H2,1H3,(H,19,20,25). The number of aryl methyl sites for hydroxylation is 2. The summed E-state index contributed by atoms with van der Waals surface area (Å²) in [5.41, 5.74) is 1.98. The van der Waals surface area contributed by atoms with Crippen molar-refractivity contribution in [2.24, 2.45) is 0 Å². The van der Waals surface area contributed by atoms with Crippen LogP contribution in [0.2, 0.25) is 0 Å². The molecule has 0 atom stereocenters. The number of rotatable bonds is 5. The van der Waals surface area contributed by atoms with E-state index in [0.717, 1.165) is 40.9 Å². The normalized spacial score (nSPS) is 13.2. The molecular formula is C18H16N6O2S2. The first-order valence-electron chi connectivity index (χ1n) is 8.82. The predicted octanol–water partition coefficient (Wildman–Crippen LogP) is 2.75. The summed E-state index contributed by atoms with van der Waals surface area (Å²) in [6.07, 6.45) is 3.16. The number of H-pyrrole nitrogens is 1. The van der Waals surface area contributed by atoms with Crippen molar-refractivity contribution >= 4 is 33.3 Å². The summed E-state index contributed by atoms with van der Waals surface area (Å²) in [4.78, 5) is 22.3. The van der Waals surface area contributed by atoms with Crippen LogP contribution in [0.5, 0.6) is 5.75 Å². The minimum Gasteiger partial charge on any atom is -0.497 e. The predicted molar refractivity (Wildman–Crippen MR) is 108 cm³/mol. The summed E-state index contributed by atoms with van der Waals surface area (Å²) in [7, 11) is 1.63. The molecule has 1 aliphatic rings. The van der Waals surface area contributed by atoms with E-state index in [-0.39, 0.29) is 5.56 Å². The van der Waals surface area contributed by atoms with Crippen LogP contribution in [0.1, 0.15) is 22.7 Å². The molecule has 28 heavy (non-hydrogen) atoms. The number of nitrogens with zero attached hydrogens (tertiary/aromatic N) is 5. The van der Waals surface area contributed by atoms with E-state index in [4.69, 9.17) is 4.74 Å². The Morgan fingerprint density at radius 1 is 1.29 bits per heavy atom. The van der Waals surface area contributed by atoms with E-state index in [1.807, 2.05) is 24.3 Å². The number of hydrogen-bond donors (Lipinski definition) is 1. The van der Waals surface area contributed by atoms with Gasteiger partial charge in [0.15, 0.2) is 0 Å². The average Bonchev–Trinajstić information content (AvgIpc) is 3.42. The third-order valence-electron chi connectivity index (χ3n) is 4.72. The van der Waals surface area contributed by atoms with Crippen LogP contribution < -0.4 is 10.3 Å². The zero-order chi connectivity index (χ0) is 19.1. The summed E-state index contributed by atoms with van der Waals surface area (Å²) >= 11 is 3.07. The van der Waals surface area contributed by atoms with Crippen molar-refractivity contribution in [3.63, 3.8) is 0 Å². The minimum atomic E-state index is -0.0465. The van der Waals surface area contributed by atoms with Crippen LogP contribution in [0.3, 0.4) is 0 Å². The quantitative estimate of drug-likeness (QED) is 0.503. The molecule has 1 N–H and O–H groups in total. The molecule has 0 radical (unpaired) electrons. The maximum absolute atomic E-state index is 12.6. The second-order valence-corrected chi connectivity index (χ2v) is 8.44. The number of thiophene rings is 1. The first-order valence-corrected chi connectivity index (χ1v) is 10.6. The van der Waals surface area contributed by atoms with Gasteiger partial charge in [-0.25, -0.2) is 4.98 Å². The van der Waals surface area contributed by atoms with Crippen molar-refractivity contribution in [3.05, 3.63) is 50.9 Å². The Morgan fingerprint density at radius 3 is 2.96 bits per heavy atom. The van der Waals surface area contributed by atoms with E-state index in [1.165, 1.54) is 22.2 Å². The lowest BCUT2D eigenvalue weighted by Gasteiger charge is -2.05. The molecule has 5 rings (SSSR count). The number of ether oxygens (including phenoxy) is 1. The van der Waals surface area contributed by atoms with Gasteiger partial charge in [0.05, 0.1) is 23.9 Å². The van der Waals surface area contributed by atoms with Crippen LogP contribution in [0.15, 0.2) is 34.2 Å². The largest absolute Gasteiger partial charge is 0.497 e. The Labute approximate surface area is 168 Å². The molecule has 0 unspecified atom stereocenters. The monoisotopic (exact) mass is 412 g/mol. The summed E-state index contributed by atoms with van der Waals surface area (Å²) < 4.78 is 6.84. The van der Waals surface area contributed by atoms with Crippen LogP contribution >= 0.6 is 23.1 Å². The van der Waals surface area contributed by atoms with Gasteiger partial charge < -0.3 is 9.72 Å². The maximum Gasteiger partial charge on any atom is 0.259 e. The fourth-order valence-corrected chi connectivity index (χ4v) is 5.44. The molecule has 3 heterocycles. The zero-order valence-corrected chi connectivity index (χ0v) is 16.6. The summed E-state index contributed by atoms with van der Waals surface area (Å²) in [6, 6.07) is 7.49. The maximum atomic E-state index is 12.6. The molecule has 0 saturated carbocycles. The van der Waals surface area contributed by atoms with Gasteiger partial charge in [0, 0.05) is 4.88 Å². The number of aromatic amines is 1. The third kappa shape index (κ3) is 2.98. The average molecular weight is 413 g/mol. The molecule has 1 aromatic carbocycles. The first-order chi connectivity index (χ1) is 13.7. The molecule has 1 aliphatic carbocycles. The zero-order valence-electron chi connectivity index (χ0n) is 15.0. The van der Waals surface area contributed by atoms with Gasteiger partial charge in [-0.2, -0.15) is 4.68 Å². The van der Waals surface area contributed by atoms with E-state index < -0.39 is 0 Å². The molecule has 4 aromatic rings. The van der Waals surface area contributed by atoms with Gasteiger partial charge in [-0.1, -0.05) is 11.8 Å². The van der Waals surface area contributed by atoms with Crippen molar-refractivity contribution in [2.75, 3.05) is 7.11 Å². The van der Waals surface area contributed by atoms with Crippen LogP contribution in [-0.4, -0.2) is 37.3 Å². The molecule has 0 aliphatic heterocycles. The van der Waals surface area contributed by atoms with Gasteiger partial charge in [0.25, 0.3) is 5.56 Å². The van der Waals surface area contributed by atoms with Crippen molar-refractivity contribution in [2.45, 2.75) is 30.2 Å². The summed E-state index contributed by atoms with van der Waals surface area (Å²) in [5.74, 6) is 1.88. The molecule has 8 nitrogen and oxygen atoms in total. The van der Waals surface area contributed by atoms with E-state index >= 15 is 0 Å². The highest BCUT2D eigenvalue weighted by molar-refractivity contribution is 7.98. The van der Waals surface area contributed by atoms with Gasteiger partial charge in [0.1, 0.15) is 16.4 Å². The van der Waals surface area contributed by atoms with Gasteiger partial charge in [0.2, 0.25) is 5.16 Å². The van der Waals surface area contributed by atoms with Crippen LogP contribution in [0.25, 0.3) is 15.9 Å². The summed E-state index contributed by atoms with van der Waals surface area (Å²) in [6.45, 7) is 0. The number of benzene rings is 1. The molecule has 0 saturated heterocycles. The number of thioether (sulfide) groups is 1. The lowest BCUT2D eigenvalue weighted by Crippen LogP contribution is -2.11. The van der Waals surface area contributed by atoms with Crippen molar-refractivity contribution in [3.8, 4) is 11.4 Å². The number of hydrogen-bond acceptors (Lipinski definition) is 8.